The van der Waals surface area contributed by atoms with Gasteiger partial charge in [0.1, 0.15) is 17.3 Å². The van der Waals surface area contributed by atoms with Crippen molar-refractivity contribution in [1.82, 2.24) is 9.97 Å². The summed E-state index contributed by atoms with van der Waals surface area (Å²) in [5, 5.41) is 3.87. The third-order valence-corrected chi connectivity index (χ3v) is 2.89. The minimum Gasteiger partial charge on any atom is -0.369 e. The van der Waals surface area contributed by atoms with Gasteiger partial charge in [0.25, 0.3) is 0 Å². The third kappa shape index (κ3) is 3.34. The Morgan fingerprint density at radius 2 is 2.13 bits per heavy atom. The predicted octanol–water partition coefficient (Wildman–Crippen LogP) is 3.15. The Labute approximate surface area is 96.3 Å². The van der Waals surface area contributed by atoms with Crippen LogP contribution in [0.15, 0.2) is 6.33 Å². The molecule has 1 rings (SSSR count). The SMILES string of the molecule is CCc1c(Cl)ncnc1NCC(C)CC. The summed E-state index contributed by atoms with van der Waals surface area (Å²) in [7, 11) is 0. The highest BCUT2D eigenvalue weighted by molar-refractivity contribution is 6.30. The van der Waals surface area contributed by atoms with E-state index in [2.05, 4.69) is 36.1 Å². The zero-order chi connectivity index (χ0) is 11.3. The molecule has 1 N–H and O–H groups in total. The van der Waals surface area contributed by atoms with E-state index >= 15 is 0 Å². The molecule has 0 saturated carbocycles. The van der Waals surface area contributed by atoms with Crippen LogP contribution in [-0.2, 0) is 6.42 Å². The lowest BCUT2D eigenvalue weighted by atomic mass is 10.1. The van der Waals surface area contributed by atoms with E-state index in [1.165, 1.54) is 6.33 Å². The molecule has 1 unspecified atom stereocenters. The molecule has 15 heavy (non-hydrogen) atoms. The molecule has 1 aromatic rings. The van der Waals surface area contributed by atoms with Gasteiger partial charge in [0.2, 0.25) is 0 Å². The van der Waals surface area contributed by atoms with Crippen molar-refractivity contribution >= 4 is 17.4 Å². The number of halogens is 1. The number of hydrogen-bond donors (Lipinski definition) is 1. The molecule has 84 valence electrons. The summed E-state index contributed by atoms with van der Waals surface area (Å²) in [5.74, 6) is 1.52. The summed E-state index contributed by atoms with van der Waals surface area (Å²) < 4.78 is 0. The van der Waals surface area contributed by atoms with E-state index in [1.807, 2.05) is 0 Å². The van der Waals surface area contributed by atoms with Crippen LogP contribution in [0.4, 0.5) is 5.82 Å². The van der Waals surface area contributed by atoms with E-state index in [4.69, 9.17) is 11.6 Å². The van der Waals surface area contributed by atoms with Crippen LogP contribution < -0.4 is 5.32 Å². The average molecular weight is 228 g/mol. The zero-order valence-corrected chi connectivity index (χ0v) is 10.3. The van der Waals surface area contributed by atoms with Gasteiger partial charge in [-0.1, -0.05) is 38.8 Å². The minimum absolute atomic E-state index is 0.555. The Morgan fingerprint density at radius 1 is 1.40 bits per heavy atom. The van der Waals surface area contributed by atoms with Crippen molar-refractivity contribution in [2.75, 3.05) is 11.9 Å². The molecule has 0 bridgehead atoms. The third-order valence-electron chi connectivity index (χ3n) is 2.56. The molecule has 0 radical (unpaired) electrons. The van der Waals surface area contributed by atoms with Crippen molar-refractivity contribution in [3.8, 4) is 0 Å². The molecular weight excluding hydrogens is 210 g/mol. The van der Waals surface area contributed by atoms with Gasteiger partial charge in [0.15, 0.2) is 0 Å². The van der Waals surface area contributed by atoms with Crippen molar-refractivity contribution < 1.29 is 0 Å². The molecular formula is C11H18ClN3. The van der Waals surface area contributed by atoms with Gasteiger partial charge in [-0.3, -0.25) is 0 Å². The first-order valence-corrected chi connectivity index (χ1v) is 5.80. The Kier molecular flexibility index (Phi) is 4.82. The number of hydrogen-bond acceptors (Lipinski definition) is 3. The van der Waals surface area contributed by atoms with Crippen molar-refractivity contribution in [2.24, 2.45) is 5.92 Å². The van der Waals surface area contributed by atoms with Crippen LogP contribution in [0.2, 0.25) is 5.15 Å². The number of nitrogens with zero attached hydrogens (tertiary/aromatic N) is 2. The molecule has 1 atom stereocenters. The second-order valence-electron chi connectivity index (χ2n) is 3.74. The zero-order valence-electron chi connectivity index (χ0n) is 9.55. The first kappa shape index (κ1) is 12.2. The van der Waals surface area contributed by atoms with Gasteiger partial charge in [-0.25, -0.2) is 9.97 Å². The van der Waals surface area contributed by atoms with Gasteiger partial charge in [0, 0.05) is 12.1 Å². The highest BCUT2D eigenvalue weighted by Gasteiger charge is 2.08. The predicted molar refractivity (Wildman–Crippen MR) is 64.4 cm³/mol. The fourth-order valence-electron chi connectivity index (χ4n) is 1.27. The fraction of sp³-hybridized carbons (Fsp3) is 0.636. The maximum Gasteiger partial charge on any atom is 0.137 e. The standard InChI is InChI=1S/C11H18ClN3/c1-4-8(3)6-13-11-9(5-2)10(12)14-7-15-11/h7-8H,4-6H2,1-3H3,(H,13,14,15). The number of anilines is 1. The van der Waals surface area contributed by atoms with Crippen LogP contribution >= 0.6 is 11.6 Å². The lowest BCUT2D eigenvalue weighted by Crippen LogP contribution is -2.13. The van der Waals surface area contributed by atoms with Gasteiger partial charge < -0.3 is 5.32 Å². The monoisotopic (exact) mass is 227 g/mol. The lowest BCUT2D eigenvalue weighted by Gasteiger charge is -2.13. The van der Waals surface area contributed by atoms with Crippen LogP contribution in [-0.4, -0.2) is 16.5 Å². The van der Waals surface area contributed by atoms with Gasteiger partial charge in [-0.15, -0.1) is 0 Å². The lowest BCUT2D eigenvalue weighted by molar-refractivity contribution is 0.592. The van der Waals surface area contributed by atoms with Crippen molar-refractivity contribution in [3.63, 3.8) is 0 Å². The molecule has 0 aliphatic carbocycles. The molecule has 0 fully saturated rings. The molecule has 3 nitrogen and oxygen atoms in total. The second-order valence-corrected chi connectivity index (χ2v) is 4.10. The fourth-order valence-corrected chi connectivity index (χ4v) is 1.54. The summed E-state index contributed by atoms with van der Waals surface area (Å²) in [4.78, 5) is 8.18. The Hall–Kier alpha value is -0.830. The quantitative estimate of drug-likeness (QED) is 0.786. The molecule has 0 spiro atoms. The summed E-state index contributed by atoms with van der Waals surface area (Å²) in [6.07, 6.45) is 3.51. The second kappa shape index (κ2) is 5.91. The van der Waals surface area contributed by atoms with Crippen LogP contribution in [0.3, 0.4) is 0 Å². The van der Waals surface area contributed by atoms with Crippen LogP contribution in [0.1, 0.15) is 32.8 Å². The summed E-state index contributed by atoms with van der Waals surface area (Å²) in [6, 6.07) is 0. The molecule has 0 amide bonds. The first-order chi connectivity index (χ1) is 7.19. The summed E-state index contributed by atoms with van der Waals surface area (Å²) >= 11 is 5.99. The van der Waals surface area contributed by atoms with Crippen LogP contribution in [0.25, 0.3) is 0 Å². The van der Waals surface area contributed by atoms with E-state index in [0.717, 1.165) is 30.8 Å². The highest BCUT2D eigenvalue weighted by Crippen LogP contribution is 2.20. The molecule has 0 aromatic carbocycles. The molecule has 4 heteroatoms. The smallest absolute Gasteiger partial charge is 0.137 e. The number of rotatable bonds is 5. The molecule has 0 aliphatic heterocycles. The molecule has 1 aromatic heterocycles. The van der Waals surface area contributed by atoms with E-state index in [1.54, 1.807) is 0 Å². The van der Waals surface area contributed by atoms with E-state index in [-0.39, 0.29) is 0 Å². The molecule has 0 aliphatic rings. The van der Waals surface area contributed by atoms with Gasteiger partial charge >= 0.3 is 0 Å². The topological polar surface area (TPSA) is 37.8 Å². The maximum atomic E-state index is 5.99. The van der Waals surface area contributed by atoms with Gasteiger partial charge in [-0.05, 0) is 12.3 Å². The van der Waals surface area contributed by atoms with Crippen LogP contribution in [0.5, 0.6) is 0 Å². The number of nitrogens with one attached hydrogen (secondary N) is 1. The van der Waals surface area contributed by atoms with Gasteiger partial charge in [-0.2, -0.15) is 0 Å². The average Bonchev–Trinajstić information content (AvgIpc) is 2.25. The van der Waals surface area contributed by atoms with Gasteiger partial charge in [0.05, 0.1) is 0 Å². The Morgan fingerprint density at radius 3 is 2.73 bits per heavy atom. The summed E-state index contributed by atoms with van der Waals surface area (Å²) in [6.45, 7) is 7.37. The Balaban J connectivity index is 2.72. The van der Waals surface area contributed by atoms with Crippen molar-refractivity contribution in [2.45, 2.75) is 33.6 Å². The Bertz CT molecular complexity index is 315. The largest absolute Gasteiger partial charge is 0.369 e. The highest BCUT2D eigenvalue weighted by atomic mass is 35.5. The normalized spacial score (nSPS) is 12.5. The van der Waals surface area contributed by atoms with E-state index in [9.17, 15) is 0 Å². The van der Waals surface area contributed by atoms with E-state index < -0.39 is 0 Å². The van der Waals surface area contributed by atoms with Crippen molar-refractivity contribution in [3.05, 3.63) is 17.0 Å². The molecule has 0 saturated heterocycles. The molecule has 1 heterocycles. The van der Waals surface area contributed by atoms with E-state index in [0.29, 0.717) is 11.1 Å². The minimum atomic E-state index is 0.555. The first-order valence-electron chi connectivity index (χ1n) is 5.42. The van der Waals surface area contributed by atoms with Crippen LogP contribution in [0, 0.1) is 5.92 Å². The summed E-state index contributed by atoms with van der Waals surface area (Å²) in [5.41, 5.74) is 1.00. The van der Waals surface area contributed by atoms with Crippen molar-refractivity contribution in [1.29, 1.82) is 0 Å². The number of aromatic nitrogens is 2. The maximum absolute atomic E-state index is 5.99.